The second-order valence-corrected chi connectivity index (χ2v) is 7.11. The molecule has 2 heterocycles. The van der Waals surface area contributed by atoms with Crippen molar-refractivity contribution < 1.29 is 19.3 Å². The topological polar surface area (TPSA) is 91.1 Å². The standard InChI is InChI=1S/C24H27FN4O3/c1-5-18(32-4)8-6-15(2)24(31)27-17-10-11-29-22(13-17)20(14-30)23(28-29)19-9-7-16(25)12-21(19)26-3/h5-13,24,26-27,30-31H,1,14H2,2-4H3. The lowest BCUT2D eigenvalue weighted by Crippen LogP contribution is -2.19. The largest absolute Gasteiger partial charge is 0.497 e. The lowest BCUT2D eigenvalue weighted by molar-refractivity contribution is 0.240. The molecule has 0 aliphatic heterocycles. The van der Waals surface area contributed by atoms with Gasteiger partial charge >= 0.3 is 0 Å². The molecule has 2 aromatic heterocycles. The van der Waals surface area contributed by atoms with Crippen LogP contribution in [0, 0.1) is 5.82 Å². The number of benzene rings is 1. The maximum atomic E-state index is 13.6. The van der Waals surface area contributed by atoms with Crippen LogP contribution in [0.1, 0.15) is 12.5 Å². The number of aliphatic hydroxyl groups excluding tert-OH is 2. The van der Waals surface area contributed by atoms with E-state index < -0.39 is 6.23 Å². The fourth-order valence-corrected chi connectivity index (χ4v) is 3.28. The van der Waals surface area contributed by atoms with Gasteiger partial charge in [0.05, 0.1) is 19.2 Å². The molecule has 3 rings (SSSR count). The molecule has 0 fully saturated rings. The van der Waals surface area contributed by atoms with Crippen molar-refractivity contribution in [2.75, 3.05) is 24.8 Å². The number of aliphatic hydroxyl groups is 2. The fraction of sp³-hybridized carbons (Fsp3) is 0.208. The van der Waals surface area contributed by atoms with E-state index in [1.54, 1.807) is 68.2 Å². The van der Waals surface area contributed by atoms with Gasteiger partial charge in [-0.1, -0.05) is 12.7 Å². The third-order valence-corrected chi connectivity index (χ3v) is 5.08. The van der Waals surface area contributed by atoms with E-state index in [2.05, 4.69) is 22.3 Å². The van der Waals surface area contributed by atoms with Crippen molar-refractivity contribution in [3.05, 3.63) is 84.0 Å². The minimum atomic E-state index is -0.940. The molecule has 1 unspecified atom stereocenters. The average molecular weight is 439 g/mol. The third-order valence-electron chi connectivity index (χ3n) is 5.08. The van der Waals surface area contributed by atoms with Crippen molar-refractivity contribution in [2.24, 2.45) is 0 Å². The minimum absolute atomic E-state index is 0.254. The Morgan fingerprint density at radius 3 is 2.75 bits per heavy atom. The number of ether oxygens (including phenoxy) is 1. The summed E-state index contributed by atoms with van der Waals surface area (Å²) >= 11 is 0. The van der Waals surface area contributed by atoms with E-state index in [0.717, 1.165) is 0 Å². The molecule has 0 saturated heterocycles. The summed E-state index contributed by atoms with van der Waals surface area (Å²) in [7, 11) is 3.25. The number of nitrogens with zero attached hydrogens (tertiary/aromatic N) is 2. The Morgan fingerprint density at radius 1 is 1.31 bits per heavy atom. The van der Waals surface area contributed by atoms with E-state index in [-0.39, 0.29) is 12.4 Å². The van der Waals surface area contributed by atoms with Crippen LogP contribution in [-0.4, -0.2) is 40.2 Å². The number of fused-ring (bicyclic) bond motifs is 1. The van der Waals surface area contributed by atoms with Crippen molar-refractivity contribution >= 4 is 16.9 Å². The lowest BCUT2D eigenvalue weighted by atomic mass is 10.0. The van der Waals surface area contributed by atoms with Crippen molar-refractivity contribution in [3.63, 3.8) is 0 Å². The maximum Gasteiger partial charge on any atom is 0.146 e. The summed E-state index contributed by atoms with van der Waals surface area (Å²) in [4.78, 5) is 0. The monoisotopic (exact) mass is 438 g/mol. The molecule has 0 bridgehead atoms. The molecule has 0 aliphatic carbocycles. The van der Waals surface area contributed by atoms with Gasteiger partial charge in [0.25, 0.3) is 0 Å². The van der Waals surface area contributed by atoms with Crippen LogP contribution in [-0.2, 0) is 11.3 Å². The summed E-state index contributed by atoms with van der Waals surface area (Å²) in [5.41, 5.74) is 4.37. The van der Waals surface area contributed by atoms with E-state index in [1.807, 2.05) is 0 Å². The summed E-state index contributed by atoms with van der Waals surface area (Å²) in [6, 6.07) is 7.93. The molecule has 1 aromatic carbocycles. The lowest BCUT2D eigenvalue weighted by Gasteiger charge is -2.15. The molecule has 0 spiro atoms. The molecule has 32 heavy (non-hydrogen) atoms. The predicted molar refractivity (Wildman–Crippen MR) is 125 cm³/mol. The Labute approximate surface area is 186 Å². The molecule has 0 saturated carbocycles. The molecule has 168 valence electrons. The summed E-state index contributed by atoms with van der Waals surface area (Å²) in [6.07, 6.45) is 5.82. The molecular formula is C24H27FN4O3. The number of anilines is 2. The van der Waals surface area contributed by atoms with E-state index >= 15 is 0 Å². The fourth-order valence-electron chi connectivity index (χ4n) is 3.28. The number of rotatable bonds is 9. The van der Waals surface area contributed by atoms with E-state index in [4.69, 9.17) is 4.74 Å². The molecule has 0 aliphatic rings. The van der Waals surface area contributed by atoms with Crippen LogP contribution in [0.4, 0.5) is 15.8 Å². The van der Waals surface area contributed by atoms with Crippen LogP contribution < -0.4 is 10.6 Å². The van der Waals surface area contributed by atoms with Crippen LogP contribution in [0.5, 0.6) is 0 Å². The highest BCUT2D eigenvalue weighted by molar-refractivity contribution is 5.82. The second kappa shape index (κ2) is 10.1. The first-order valence-corrected chi connectivity index (χ1v) is 10.0. The number of pyridine rings is 1. The van der Waals surface area contributed by atoms with Gasteiger partial charge in [-0.05, 0) is 55.0 Å². The molecule has 0 amide bonds. The van der Waals surface area contributed by atoms with Gasteiger partial charge in [-0.2, -0.15) is 5.10 Å². The Morgan fingerprint density at radius 2 is 2.09 bits per heavy atom. The highest BCUT2D eigenvalue weighted by atomic mass is 19.1. The Kier molecular flexibility index (Phi) is 7.29. The second-order valence-electron chi connectivity index (χ2n) is 7.11. The summed E-state index contributed by atoms with van der Waals surface area (Å²) in [5.74, 6) is 0.218. The summed E-state index contributed by atoms with van der Waals surface area (Å²) in [6.45, 7) is 5.19. The zero-order valence-electron chi connectivity index (χ0n) is 18.3. The van der Waals surface area contributed by atoms with Gasteiger partial charge in [0, 0.05) is 35.7 Å². The molecule has 0 radical (unpaired) electrons. The first-order valence-electron chi connectivity index (χ1n) is 10.0. The molecule has 3 aromatic rings. The van der Waals surface area contributed by atoms with Gasteiger partial charge < -0.3 is 25.6 Å². The van der Waals surface area contributed by atoms with Gasteiger partial charge in [0.1, 0.15) is 23.5 Å². The summed E-state index contributed by atoms with van der Waals surface area (Å²) < 4.78 is 20.4. The van der Waals surface area contributed by atoms with Crippen LogP contribution in [0.25, 0.3) is 16.8 Å². The SMILES string of the molecule is C=CC(=CC=C(C)C(O)Nc1ccn2nc(-c3ccc(F)cc3NC)c(CO)c2c1)OC. The first-order chi connectivity index (χ1) is 15.4. The minimum Gasteiger partial charge on any atom is -0.497 e. The van der Waals surface area contributed by atoms with Gasteiger partial charge in [0.15, 0.2) is 0 Å². The van der Waals surface area contributed by atoms with Gasteiger partial charge in [0.2, 0.25) is 0 Å². The number of methoxy groups -OCH3 is 1. The zero-order valence-corrected chi connectivity index (χ0v) is 18.3. The number of hydrogen-bond acceptors (Lipinski definition) is 6. The van der Waals surface area contributed by atoms with Crippen LogP contribution in [0.2, 0.25) is 0 Å². The van der Waals surface area contributed by atoms with E-state index in [0.29, 0.717) is 45.0 Å². The maximum absolute atomic E-state index is 13.6. The zero-order chi connectivity index (χ0) is 23.3. The van der Waals surface area contributed by atoms with E-state index in [1.165, 1.54) is 12.1 Å². The normalized spacial score (nSPS) is 13.2. The first kappa shape index (κ1) is 23.1. The summed E-state index contributed by atoms with van der Waals surface area (Å²) in [5, 5.41) is 31.1. The van der Waals surface area contributed by atoms with Gasteiger partial charge in [-0.15, -0.1) is 0 Å². The number of allylic oxidation sites excluding steroid dienone is 3. The van der Waals surface area contributed by atoms with Crippen molar-refractivity contribution in [3.8, 4) is 11.3 Å². The van der Waals surface area contributed by atoms with Crippen molar-refractivity contribution in [1.82, 2.24) is 9.61 Å². The Balaban J connectivity index is 1.95. The quantitative estimate of drug-likeness (QED) is 0.229. The van der Waals surface area contributed by atoms with E-state index in [9.17, 15) is 14.6 Å². The van der Waals surface area contributed by atoms with Crippen molar-refractivity contribution in [2.45, 2.75) is 19.8 Å². The van der Waals surface area contributed by atoms with Crippen LogP contribution >= 0.6 is 0 Å². The Hall–Kier alpha value is -3.62. The van der Waals surface area contributed by atoms with Gasteiger partial charge in [-0.25, -0.2) is 8.91 Å². The Bertz CT molecular complexity index is 1180. The molecule has 1 atom stereocenters. The molecular weight excluding hydrogens is 411 g/mol. The molecule has 7 nitrogen and oxygen atoms in total. The molecule has 8 heteroatoms. The number of nitrogens with one attached hydrogen (secondary N) is 2. The predicted octanol–water partition coefficient (Wildman–Crippen LogP) is 4.07. The highest BCUT2D eigenvalue weighted by Crippen LogP contribution is 2.33. The number of hydrogen-bond donors (Lipinski definition) is 4. The number of aromatic nitrogens is 2. The van der Waals surface area contributed by atoms with Crippen molar-refractivity contribution in [1.29, 1.82) is 0 Å². The van der Waals surface area contributed by atoms with Crippen LogP contribution in [0.15, 0.2) is 72.7 Å². The average Bonchev–Trinajstić information content (AvgIpc) is 3.16. The highest BCUT2D eigenvalue weighted by Gasteiger charge is 2.18. The smallest absolute Gasteiger partial charge is 0.146 e. The van der Waals surface area contributed by atoms with Gasteiger partial charge in [-0.3, -0.25) is 0 Å². The third kappa shape index (κ3) is 4.82. The number of halogens is 1. The molecule has 4 N–H and O–H groups in total. The van der Waals surface area contributed by atoms with Crippen LogP contribution in [0.3, 0.4) is 0 Å².